The van der Waals surface area contributed by atoms with Crippen molar-refractivity contribution in [1.82, 2.24) is 4.98 Å². The van der Waals surface area contributed by atoms with Crippen LogP contribution in [0.1, 0.15) is 5.56 Å². The molecule has 1 heteroatoms. The number of hydrogen-bond donors (Lipinski definition) is 0. The van der Waals surface area contributed by atoms with Crippen LogP contribution in [-0.2, 0) is 0 Å². The number of fused-ring (bicyclic) bond motifs is 1. The molecule has 0 unspecified atom stereocenters. The van der Waals surface area contributed by atoms with Gasteiger partial charge in [0.2, 0.25) is 0 Å². The minimum atomic E-state index is 1.14. The van der Waals surface area contributed by atoms with Crippen molar-refractivity contribution < 1.29 is 0 Å². The van der Waals surface area contributed by atoms with Crippen molar-refractivity contribution in [3.63, 3.8) is 0 Å². The highest BCUT2D eigenvalue weighted by Crippen LogP contribution is 2.14. The van der Waals surface area contributed by atoms with Gasteiger partial charge in [-0.3, -0.25) is 4.98 Å². The van der Waals surface area contributed by atoms with Gasteiger partial charge >= 0.3 is 0 Å². The number of rotatable bonds is 0. The highest BCUT2D eigenvalue weighted by atomic mass is 14.6. The standard InChI is InChI=1S/C10H8N/c1-8-3-2-4-9-5-6-11-7-10(8)9/h2-4,6-7H,1H3. The molecule has 2 aromatic rings. The molecular formula is C10H8N. The van der Waals surface area contributed by atoms with Gasteiger partial charge in [0.1, 0.15) is 0 Å². The first-order valence-corrected chi connectivity index (χ1v) is 3.59. The predicted octanol–water partition coefficient (Wildman–Crippen LogP) is 2.34. The van der Waals surface area contributed by atoms with E-state index in [1.165, 1.54) is 10.9 Å². The van der Waals surface area contributed by atoms with E-state index < -0.39 is 0 Å². The molecule has 0 spiro atoms. The summed E-state index contributed by atoms with van der Waals surface area (Å²) in [5.41, 5.74) is 1.26. The Bertz CT molecular complexity index is 374. The van der Waals surface area contributed by atoms with Gasteiger partial charge in [-0.15, -0.1) is 0 Å². The lowest BCUT2D eigenvalue weighted by Crippen LogP contribution is -1.78. The first-order chi connectivity index (χ1) is 5.38. The molecular weight excluding hydrogens is 134 g/mol. The lowest BCUT2D eigenvalue weighted by atomic mass is 10.1. The molecule has 0 aliphatic carbocycles. The van der Waals surface area contributed by atoms with Gasteiger partial charge in [-0.1, -0.05) is 18.2 Å². The normalized spacial score (nSPS) is 10.3. The van der Waals surface area contributed by atoms with E-state index in [2.05, 4.69) is 24.0 Å². The van der Waals surface area contributed by atoms with Gasteiger partial charge in [0.25, 0.3) is 0 Å². The van der Waals surface area contributed by atoms with Crippen molar-refractivity contribution in [2.24, 2.45) is 0 Å². The molecule has 1 nitrogen and oxygen atoms in total. The molecule has 0 amide bonds. The quantitative estimate of drug-likeness (QED) is 0.550. The van der Waals surface area contributed by atoms with Gasteiger partial charge in [-0.05, 0) is 17.9 Å². The van der Waals surface area contributed by atoms with E-state index in [1.54, 1.807) is 6.20 Å². The van der Waals surface area contributed by atoms with Crippen molar-refractivity contribution in [1.29, 1.82) is 0 Å². The minimum absolute atomic E-state index is 1.14. The van der Waals surface area contributed by atoms with Crippen molar-refractivity contribution in [2.45, 2.75) is 6.92 Å². The Kier molecular flexibility index (Phi) is 1.35. The van der Waals surface area contributed by atoms with E-state index in [-0.39, 0.29) is 0 Å². The van der Waals surface area contributed by atoms with Gasteiger partial charge < -0.3 is 0 Å². The molecule has 53 valence electrons. The van der Waals surface area contributed by atoms with E-state index in [0.29, 0.717) is 0 Å². The van der Waals surface area contributed by atoms with Crippen LogP contribution in [0, 0.1) is 13.0 Å². The second-order valence-electron chi connectivity index (χ2n) is 2.59. The lowest BCUT2D eigenvalue weighted by molar-refractivity contribution is 1.35. The number of benzene rings is 1. The van der Waals surface area contributed by atoms with E-state index >= 15 is 0 Å². The summed E-state index contributed by atoms with van der Waals surface area (Å²) in [6.45, 7) is 2.08. The third-order valence-electron chi connectivity index (χ3n) is 1.82. The summed E-state index contributed by atoms with van der Waals surface area (Å²) in [5.74, 6) is 0. The van der Waals surface area contributed by atoms with Crippen molar-refractivity contribution >= 4 is 10.8 Å². The molecule has 0 fully saturated rings. The SMILES string of the molecule is Cc1cccc2[c]cncc12. The number of nitrogens with zero attached hydrogens (tertiary/aromatic N) is 1. The first-order valence-electron chi connectivity index (χ1n) is 3.59. The zero-order valence-corrected chi connectivity index (χ0v) is 6.33. The third kappa shape index (κ3) is 0.984. The number of pyridine rings is 1. The zero-order valence-electron chi connectivity index (χ0n) is 6.33. The van der Waals surface area contributed by atoms with Crippen LogP contribution in [0.3, 0.4) is 0 Å². The van der Waals surface area contributed by atoms with Gasteiger partial charge in [0.05, 0.1) is 0 Å². The molecule has 0 atom stereocenters. The number of hydrogen-bond acceptors (Lipinski definition) is 1. The largest absolute Gasteiger partial charge is 0.263 e. The smallest absolute Gasteiger partial charge is 0.0353 e. The molecule has 11 heavy (non-hydrogen) atoms. The number of aromatic nitrogens is 1. The summed E-state index contributed by atoms with van der Waals surface area (Å²) in [6.07, 6.45) is 3.57. The Morgan fingerprint density at radius 2 is 2.27 bits per heavy atom. The van der Waals surface area contributed by atoms with Gasteiger partial charge in [0.15, 0.2) is 0 Å². The summed E-state index contributed by atoms with van der Waals surface area (Å²) in [7, 11) is 0. The second-order valence-corrected chi connectivity index (χ2v) is 2.59. The van der Waals surface area contributed by atoms with Crippen LogP contribution in [0.15, 0.2) is 30.6 Å². The van der Waals surface area contributed by atoms with Crippen LogP contribution in [0.25, 0.3) is 10.8 Å². The molecule has 1 radical (unpaired) electrons. The number of aryl methyl sites for hydroxylation is 1. The average molecular weight is 142 g/mol. The molecule has 0 aliphatic heterocycles. The topological polar surface area (TPSA) is 12.9 Å². The molecule has 0 bridgehead atoms. The second kappa shape index (κ2) is 2.35. The van der Waals surface area contributed by atoms with Crippen LogP contribution < -0.4 is 0 Å². The fourth-order valence-electron chi connectivity index (χ4n) is 1.20. The summed E-state index contributed by atoms with van der Waals surface area (Å²) in [4.78, 5) is 4.02. The van der Waals surface area contributed by atoms with E-state index in [0.717, 1.165) is 5.39 Å². The molecule has 2 rings (SSSR count). The van der Waals surface area contributed by atoms with E-state index in [9.17, 15) is 0 Å². The highest BCUT2D eigenvalue weighted by molar-refractivity contribution is 5.83. The summed E-state index contributed by atoms with van der Waals surface area (Å²) < 4.78 is 0. The molecule has 0 saturated heterocycles. The maximum atomic E-state index is 4.02. The molecule has 1 aromatic heterocycles. The summed E-state index contributed by atoms with van der Waals surface area (Å²) >= 11 is 0. The van der Waals surface area contributed by atoms with Gasteiger partial charge in [-0.25, -0.2) is 0 Å². The Morgan fingerprint density at radius 1 is 1.36 bits per heavy atom. The fraction of sp³-hybridized carbons (Fsp3) is 0.100. The van der Waals surface area contributed by atoms with E-state index in [1.807, 2.05) is 18.3 Å². The summed E-state index contributed by atoms with van der Waals surface area (Å²) in [6, 6.07) is 9.24. The molecule has 1 heterocycles. The summed E-state index contributed by atoms with van der Waals surface area (Å²) in [5, 5.41) is 2.33. The van der Waals surface area contributed by atoms with Crippen LogP contribution in [0.5, 0.6) is 0 Å². The van der Waals surface area contributed by atoms with Crippen molar-refractivity contribution in [2.75, 3.05) is 0 Å². The predicted molar refractivity (Wildman–Crippen MR) is 45.3 cm³/mol. The molecule has 0 saturated carbocycles. The molecule has 1 aromatic carbocycles. The monoisotopic (exact) mass is 142 g/mol. The van der Waals surface area contributed by atoms with Crippen LogP contribution in [0.2, 0.25) is 0 Å². The maximum Gasteiger partial charge on any atom is 0.0353 e. The van der Waals surface area contributed by atoms with Crippen LogP contribution in [-0.4, -0.2) is 4.98 Å². The van der Waals surface area contributed by atoms with Crippen LogP contribution in [0.4, 0.5) is 0 Å². The Hall–Kier alpha value is -1.37. The van der Waals surface area contributed by atoms with Crippen LogP contribution >= 0.6 is 0 Å². The molecule has 0 N–H and O–H groups in total. The molecule has 0 aliphatic rings. The van der Waals surface area contributed by atoms with Crippen molar-refractivity contribution in [3.05, 3.63) is 42.2 Å². The Morgan fingerprint density at radius 3 is 3.09 bits per heavy atom. The minimum Gasteiger partial charge on any atom is -0.263 e. The average Bonchev–Trinajstić information content (AvgIpc) is 2.06. The van der Waals surface area contributed by atoms with Gasteiger partial charge in [0, 0.05) is 23.8 Å². The Labute approximate surface area is 65.7 Å². The zero-order chi connectivity index (χ0) is 7.68. The third-order valence-corrected chi connectivity index (χ3v) is 1.82. The highest BCUT2D eigenvalue weighted by Gasteiger charge is 1.93. The first kappa shape index (κ1) is 6.35. The fourth-order valence-corrected chi connectivity index (χ4v) is 1.20. The van der Waals surface area contributed by atoms with Gasteiger partial charge in [-0.2, -0.15) is 0 Å². The maximum absolute atomic E-state index is 4.02. The van der Waals surface area contributed by atoms with Crippen molar-refractivity contribution in [3.8, 4) is 0 Å². The Balaban J connectivity index is 2.91. The van der Waals surface area contributed by atoms with E-state index in [4.69, 9.17) is 0 Å². The lowest BCUT2D eigenvalue weighted by Gasteiger charge is -1.97.